The fourth-order valence-electron chi connectivity index (χ4n) is 4.42. The van der Waals surface area contributed by atoms with Crippen molar-refractivity contribution in [3.63, 3.8) is 0 Å². The van der Waals surface area contributed by atoms with Gasteiger partial charge in [-0.2, -0.15) is 0 Å². The molecule has 3 heterocycles. The predicted molar refractivity (Wildman–Crippen MR) is 99.9 cm³/mol. The molecule has 0 radical (unpaired) electrons. The summed E-state index contributed by atoms with van der Waals surface area (Å²) in [6.07, 6.45) is -3.27. The van der Waals surface area contributed by atoms with Crippen molar-refractivity contribution in [3.8, 4) is 0 Å². The number of carbonyl (C=O) groups is 2. The first-order chi connectivity index (χ1) is 15.3. The van der Waals surface area contributed by atoms with Gasteiger partial charge in [0.25, 0.3) is 0 Å². The Morgan fingerprint density at radius 2 is 1.91 bits per heavy atom. The predicted octanol–water partition coefficient (Wildman–Crippen LogP) is -2.77. The Balaban J connectivity index is 1.66. The summed E-state index contributed by atoms with van der Waals surface area (Å²) >= 11 is 0. The van der Waals surface area contributed by atoms with Crippen LogP contribution in [0.5, 0.6) is 0 Å². The number of hydrogen-bond acceptors (Lipinski definition) is 12. The molecule has 5 N–H and O–H groups in total. The van der Waals surface area contributed by atoms with Crippen molar-refractivity contribution in [2.75, 3.05) is 20.3 Å². The Bertz CT molecular complexity index is 863. The smallest absolute Gasteiger partial charge is 0.337 e. The van der Waals surface area contributed by atoms with Crippen LogP contribution in [0.25, 0.3) is 0 Å². The van der Waals surface area contributed by atoms with Crippen LogP contribution in [0.2, 0.25) is 0 Å². The maximum Gasteiger partial charge on any atom is 0.337 e. The lowest BCUT2D eigenvalue weighted by Crippen LogP contribution is -2.60. The minimum atomic E-state index is -1.69. The van der Waals surface area contributed by atoms with Crippen molar-refractivity contribution in [1.82, 2.24) is 0 Å². The normalized spacial score (nSPS) is 42.8. The van der Waals surface area contributed by atoms with Gasteiger partial charge in [0.2, 0.25) is 6.29 Å². The number of methoxy groups -OCH3 is 1. The second kappa shape index (κ2) is 8.56. The molecule has 0 aromatic rings. The van der Waals surface area contributed by atoms with Crippen LogP contribution < -0.4 is 0 Å². The van der Waals surface area contributed by atoms with Gasteiger partial charge in [-0.05, 0) is 12.2 Å². The number of esters is 2. The molecule has 176 valence electrons. The molecule has 0 saturated carbocycles. The number of ether oxygens (including phenoxy) is 5. The minimum absolute atomic E-state index is 0.0102. The van der Waals surface area contributed by atoms with E-state index in [2.05, 4.69) is 0 Å². The molecular formula is C20H24O12. The molecule has 0 unspecified atom stereocenters. The Kier molecular flexibility index (Phi) is 6.11. The van der Waals surface area contributed by atoms with E-state index in [0.29, 0.717) is 0 Å². The molecule has 4 rings (SSSR count). The molecule has 9 atom stereocenters. The van der Waals surface area contributed by atoms with Crippen LogP contribution in [0.4, 0.5) is 0 Å². The summed E-state index contributed by atoms with van der Waals surface area (Å²) < 4.78 is 27.1. The fourth-order valence-corrected chi connectivity index (χ4v) is 4.42. The second-order valence-corrected chi connectivity index (χ2v) is 7.88. The van der Waals surface area contributed by atoms with Gasteiger partial charge >= 0.3 is 11.9 Å². The second-order valence-electron chi connectivity index (χ2n) is 7.88. The van der Waals surface area contributed by atoms with E-state index < -0.39 is 79.6 Å². The number of rotatable bonds is 5. The van der Waals surface area contributed by atoms with E-state index in [1.807, 2.05) is 0 Å². The summed E-state index contributed by atoms with van der Waals surface area (Å²) in [6, 6.07) is 0. The van der Waals surface area contributed by atoms with Gasteiger partial charge in [-0.15, -0.1) is 0 Å². The molecule has 1 spiro atoms. The van der Waals surface area contributed by atoms with Gasteiger partial charge in [-0.25, -0.2) is 9.59 Å². The number of fused-ring (bicyclic) bond motifs is 2. The van der Waals surface area contributed by atoms with E-state index in [-0.39, 0.29) is 11.1 Å². The summed E-state index contributed by atoms with van der Waals surface area (Å²) in [4.78, 5) is 24.4. The fraction of sp³-hybridized carbons (Fsp3) is 0.600. The summed E-state index contributed by atoms with van der Waals surface area (Å²) in [5.41, 5.74) is -1.29. The molecular weight excluding hydrogens is 432 g/mol. The lowest BCUT2D eigenvalue weighted by Gasteiger charge is -2.44. The van der Waals surface area contributed by atoms with Crippen LogP contribution in [0.3, 0.4) is 0 Å². The SMILES string of the molecule is COC(=O)C1=CO[C@@H](O[C@@H]2O[C@H](CO)[C@@H](O)[C@H](O)[C@H]2O)[C@@H]2[C@@H]1C=C[C@@]21C=C(CO)C(=O)O1. The van der Waals surface area contributed by atoms with E-state index in [4.69, 9.17) is 23.7 Å². The molecule has 1 fully saturated rings. The minimum Gasteiger partial charge on any atom is -0.471 e. The van der Waals surface area contributed by atoms with Crippen LogP contribution >= 0.6 is 0 Å². The van der Waals surface area contributed by atoms with Crippen molar-refractivity contribution in [1.29, 1.82) is 0 Å². The Morgan fingerprint density at radius 1 is 1.16 bits per heavy atom. The molecule has 0 aromatic carbocycles. The van der Waals surface area contributed by atoms with Crippen molar-refractivity contribution < 1.29 is 58.8 Å². The Hall–Kier alpha value is -2.32. The molecule has 1 saturated heterocycles. The van der Waals surface area contributed by atoms with Crippen LogP contribution in [0, 0.1) is 11.8 Å². The molecule has 0 bridgehead atoms. The van der Waals surface area contributed by atoms with E-state index in [9.17, 15) is 35.1 Å². The lowest BCUT2D eigenvalue weighted by molar-refractivity contribution is -0.344. The summed E-state index contributed by atoms with van der Waals surface area (Å²) in [7, 11) is 1.20. The number of allylic oxidation sites excluding steroid dienone is 1. The van der Waals surface area contributed by atoms with E-state index >= 15 is 0 Å². The van der Waals surface area contributed by atoms with Crippen molar-refractivity contribution in [2.24, 2.45) is 11.8 Å². The lowest BCUT2D eigenvalue weighted by atomic mass is 9.79. The highest BCUT2D eigenvalue weighted by Crippen LogP contribution is 2.50. The first-order valence-electron chi connectivity index (χ1n) is 9.91. The van der Waals surface area contributed by atoms with Crippen molar-refractivity contribution in [2.45, 2.75) is 42.6 Å². The van der Waals surface area contributed by atoms with E-state index in [1.165, 1.54) is 19.3 Å². The zero-order valence-corrected chi connectivity index (χ0v) is 16.9. The summed E-state index contributed by atoms with van der Waals surface area (Å²) in [5, 5.41) is 49.2. The van der Waals surface area contributed by atoms with Gasteiger partial charge in [0, 0.05) is 5.92 Å². The zero-order valence-electron chi connectivity index (χ0n) is 16.9. The summed E-state index contributed by atoms with van der Waals surface area (Å²) in [6.45, 7) is -1.22. The average Bonchev–Trinajstić information content (AvgIpc) is 3.33. The number of aliphatic hydroxyl groups excluding tert-OH is 5. The number of carbonyl (C=O) groups excluding carboxylic acids is 2. The van der Waals surface area contributed by atoms with E-state index in [0.717, 1.165) is 6.26 Å². The molecule has 32 heavy (non-hydrogen) atoms. The summed E-state index contributed by atoms with van der Waals surface area (Å²) in [5.74, 6) is -3.00. The van der Waals surface area contributed by atoms with Crippen molar-refractivity contribution in [3.05, 3.63) is 35.6 Å². The molecule has 1 aliphatic carbocycles. The molecule has 0 amide bonds. The third-order valence-corrected chi connectivity index (χ3v) is 6.09. The highest BCUT2D eigenvalue weighted by atomic mass is 16.8. The van der Waals surface area contributed by atoms with Gasteiger partial charge in [-0.3, -0.25) is 0 Å². The van der Waals surface area contributed by atoms with Crippen LogP contribution in [0.15, 0.2) is 35.6 Å². The highest BCUT2D eigenvalue weighted by molar-refractivity contribution is 5.93. The van der Waals surface area contributed by atoms with Gasteiger partial charge in [0.05, 0.1) is 43.6 Å². The topological polar surface area (TPSA) is 181 Å². The van der Waals surface area contributed by atoms with E-state index in [1.54, 1.807) is 6.08 Å². The number of hydrogen-bond donors (Lipinski definition) is 5. The van der Waals surface area contributed by atoms with Crippen molar-refractivity contribution >= 4 is 11.9 Å². The maximum atomic E-state index is 12.2. The third kappa shape index (κ3) is 3.53. The highest BCUT2D eigenvalue weighted by Gasteiger charge is 2.59. The molecule has 4 aliphatic rings. The Morgan fingerprint density at radius 3 is 2.53 bits per heavy atom. The Labute approximate surface area is 181 Å². The van der Waals surface area contributed by atoms with Gasteiger partial charge in [-0.1, -0.05) is 6.08 Å². The molecule has 12 nitrogen and oxygen atoms in total. The first-order valence-corrected chi connectivity index (χ1v) is 9.91. The third-order valence-electron chi connectivity index (χ3n) is 6.09. The largest absolute Gasteiger partial charge is 0.471 e. The number of aliphatic hydroxyl groups is 5. The zero-order chi connectivity index (χ0) is 23.2. The average molecular weight is 456 g/mol. The van der Waals surface area contributed by atoms with Gasteiger partial charge in [0.1, 0.15) is 24.4 Å². The molecule has 0 aromatic heterocycles. The van der Waals surface area contributed by atoms with Crippen LogP contribution in [0.1, 0.15) is 0 Å². The van der Waals surface area contributed by atoms with Gasteiger partial charge < -0.3 is 49.2 Å². The standard InChI is InChI=1S/C20H24O12/c1-28-17(27)10-7-29-18(31-19-15(25)14(24)13(23)11(6-22)30-19)12-9(10)2-3-20(12)4-8(5-21)16(26)32-20/h2-4,7,9,11-15,18-19,21-25H,5-6H2,1H3/t9-,11-,12+,13-,14+,15-,18+,19+,20-/m1/s1. The van der Waals surface area contributed by atoms with Crippen LogP contribution in [-0.2, 0) is 33.3 Å². The van der Waals surface area contributed by atoms with Gasteiger partial charge in [0.15, 0.2) is 11.9 Å². The molecule has 3 aliphatic heterocycles. The maximum absolute atomic E-state index is 12.2. The first kappa shape index (κ1) is 22.9. The monoisotopic (exact) mass is 456 g/mol. The van der Waals surface area contributed by atoms with Crippen LogP contribution in [-0.4, -0.2) is 100 Å². The molecule has 12 heteroatoms. The quantitative estimate of drug-likeness (QED) is 0.213.